The van der Waals surface area contributed by atoms with Gasteiger partial charge in [0.25, 0.3) is 0 Å². The number of likely N-dealkylation sites (tertiary alicyclic amines) is 1. The monoisotopic (exact) mass is 456 g/mol. The highest BCUT2D eigenvalue weighted by Crippen LogP contribution is 2.18. The molecule has 0 radical (unpaired) electrons. The van der Waals surface area contributed by atoms with E-state index in [1.54, 1.807) is 0 Å². The van der Waals surface area contributed by atoms with Crippen LogP contribution < -0.4 is 20.5 Å². The fourth-order valence-corrected chi connectivity index (χ4v) is 4.08. The molecule has 0 spiro atoms. The van der Waals surface area contributed by atoms with Crippen LogP contribution in [-0.4, -0.2) is 47.5 Å². The van der Waals surface area contributed by atoms with Crippen molar-refractivity contribution in [3.63, 3.8) is 0 Å². The standard InChI is InChI=1S/C25H33ClN4O2/c1-3-21-9-13-27-25(24(21)17-19(2)26)29-22-10-14-30(15-11-22)18-20-5-7-23(8-6-20)32-16-4-12-28-31/h3,5-9,13,17,19,22H,4,10-12,14-16,18H2,1-2H3,(H,27,29)/b21-3-,24-17+. The number of nitroso groups, excluding NO2 is 1. The molecule has 1 saturated heterocycles. The Kier molecular flexibility index (Phi) is 9.50. The summed E-state index contributed by atoms with van der Waals surface area (Å²) in [4.78, 5) is 17.2. The highest BCUT2D eigenvalue weighted by molar-refractivity contribution is 6.23. The third-order valence-electron chi connectivity index (χ3n) is 5.65. The molecule has 0 aliphatic carbocycles. The molecule has 3 rings (SSSR count). The molecule has 32 heavy (non-hydrogen) atoms. The Morgan fingerprint density at radius 3 is 2.69 bits per heavy atom. The number of hydrogen-bond acceptors (Lipinski definition) is 6. The van der Waals surface area contributed by atoms with Gasteiger partial charge in [0.1, 0.15) is 11.6 Å². The van der Waals surface area contributed by atoms with Crippen LogP contribution in [0.25, 0.3) is 12.2 Å². The van der Waals surface area contributed by atoms with E-state index in [4.69, 9.17) is 16.3 Å². The summed E-state index contributed by atoms with van der Waals surface area (Å²) in [6, 6.07) is 10.7. The summed E-state index contributed by atoms with van der Waals surface area (Å²) in [6.07, 6.45) is 8.81. The molecule has 2 aromatic rings. The van der Waals surface area contributed by atoms with E-state index in [-0.39, 0.29) is 5.38 Å². The fraction of sp³-hybridized carbons (Fsp3) is 0.480. The Balaban J connectivity index is 1.51. The summed E-state index contributed by atoms with van der Waals surface area (Å²) in [6.45, 7) is 7.84. The Morgan fingerprint density at radius 1 is 1.28 bits per heavy atom. The number of halogens is 1. The third kappa shape index (κ3) is 7.31. The van der Waals surface area contributed by atoms with Crippen LogP contribution in [0.4, 0.5) is 5.82 Å². The van der Waals surface area contributed by atoms with E-state index in [0.29, 0.717) is 25.6 Å². The van der Waals surface area contributed by atoms with Crippen molar-refractivity contribution < 1.29 is 4.74 Å². The van der Waals surface area contributed by atoms with E-state index in [0.717, 1.165) is 54.5 Å². The van der Waals surface area contributed by atoms with Gasteiger partial charge in [0.2, 0.25) is 0 Å². The number of ether oxygens (including phenoxy) is 1. The number of nitrogens with zero attached hydrogens (tertiary/aromatic N) is 3. The Bertz CT molecular complexity index is 970. The van der Waals surface area contributed by atoms with Crippen LogP contribution in [0.5, 0.6) is 5.75 Å². The van der Waals surface area contributed by atoms with Gasteiger partial charge in [-0.25, -0.2) is 4.98 Å². The molecule has 7 heteroatoms. The first-order chi connectivity index (χ1) is 15.6. The number of alkyl halides is 1. The first kappa shape index (κ1) is 24.2. The first-order valence-electron chi connectivity index (χ1n) is 11.4. The number of pyridine rings is 1. The van der Waals surface area contributed by atoms with Crippen molar-refractivity contribution >= 4 is 29.6 Å². The number of aromatic nitrogens is 1. The molecule has 1 N–H and O–H groups in total. The highest BCUT2D eigenvalue weighted by Gasteiger charge is 2.20. The number of rotatable bonds is 10. The summed E-state index contributed by atoms with van der Waals surface area (Å²) < 4.78 is 5.63. The second kappa shape index (κ2) is 12.6. The first-order valence-corrected chi connectivity index (χ1v) is 11.8. The van der Waals surface area contributed by atoms with E-state index in [1.165, 1.54) is 5.56 Å². The second-order valence-corrected chi connectivity index (χ2v) is 8.88. The average Bonchev–Trinajstić information content (AvgIpc) is 2.80. The van der Waals surface area contributed by atoms with Crippen molar-refractivity contribution in [3.05, 3.63) is 57.4 Å². The number of hydrogen-bond donors (Lipinski definition) is 1. The average molecular weight is 457 g/mol. The third-order valence-corrected chi connectivity index (χ3v) is 5.78. The molecule has 0 amide bonds. The summed E-state index contributed by atoms with van der Waals surface area (Å²) in [7, 11) is 0. The van der Waals surface area contributed by atoms with Crippen molar-refractivity contribution in [1.29, 1.82) is 0 Å². The van der Waals surface area contributed by atoms with Crippen LogP contribution in [0.1, 0.15) is 38.7 Å². The lowest BCUT2D eigenvalue weighted by Crippen LogP contribution is -2.41. The molecule has 0 saturated carbocycles. The topological polar surface area (TPSA) is 66.8 Å². The zero-order valence-corrected chi connectivity index (χ0v) is 19.7. The number of piperidine rings is 1. The maximum absolute atomic E-state index is 10.1. The number of nitrogens with one attached hydrogen (secondary N) is 1. The predicted octanol–water partition coefficient (Wildman–Crippen LogP) is 3.90. The van der Waals surface area contributed by atoms with Crippen LogP contribution in [0.3, 0.4) is 0 Å². The Hall–Kier alpha value is -2.44. The molecule has 1 fully saturated rings. The zero-order chi connectivity index (χ0) is 22.8. The minimum atomic E-state index is -0.0505. The van der Waals surface area contributed by atoms with Gasteiger partial charge in [0.15, 0.2) is 0 Å². The van der Waals surface area contributed by atoms with E-state index >= 15 is 0 Å². The van der Waals surface area contributed by atoms with Crippen molar-refractivity contribution in [3.8, 4) is 5.75 Å². The van der Waals surface area contributed by atoms with Crippen LogP contribution in [0.2, 0.25) is 0 Å². The fourth-order valence-electron chi connectivity index (χ4n) is 3.96. The van der Waals surface area contributed by atoms with Gasteiger partial charge in [0, 0.05) is 48.9 Å². The van der Waals surface area contributed by atoms with Crippen molar-refractivity contribution in [2.75, 3.05) is 31.6 Å². The van der Waals surface area contributed by atoms with Crippen LogP contribution in [-0.2, 0) is 6.54 Å². The molecule has 2 heterocycles. The van der Waals surface area contributed by atoms with Gasteiger partial charge < -0.3 is 10.1 Å². The lowest BCUT2D eigenvalue weighted by Gasteiger charge is -2.32. The maximum Gasteiger partial charge on any atom is 0.133 e. The number of anilines is 1. The van der Waals surface area contributed by atoms with Gasteiger partial charge in [0.05, 0.1) is 13.2 Å². The summed E-state index contributed by atoms with van der Waals surface area (Å²) >= 11 is 6.24. The van der Waals surface area contributed by atoms with Crippen molar-refractivity contribution in [2.45, 2.75) is 51.1 Å². The molecule has 1 aliphatic heterocycles. The molecular weight excluding hydrogens is 424 g/mol. The smallest absolute Gasteiger partial charge is 0.133 e. The van der Waals surface area contributed by atoms with E-state index in [9.17, 15) is 4.91 Å². The van der Waals surface area contributed by atoms with Gasteiger partial charge in [-0.1, -0.05) is 29.5 Å². The molecular formula is C25H33ClN4O2. The highest BCUT2D eigenvalue weighted by atomic mass is 35.5. The Morgan fingerprint density at radius 2 is 2.03 bits per heavy atom. The summed E-state index contributed by atoms with van der Waals surface area (Å²) in [5.74, 6) is 1.76. The lowest BCUT2D eigenvalue weighted by atomic mass is 10.0. The SMILES string of the molecule is C/C=c1/ccnc(NC2CCN(Cc3ccc(OCCCN=O)cc3)CC2)/c1=C/C(C)Cl. The van der Waals surface area contributed by atoms with Gasteiger partial charge in [-0.3, -0.25) is 4.90 Å². The van der Waals surface area contributed by atoms with Gasteiger partial charge in [-0.05, 0) is 55.7 Å². The van der Waals surface area contributed by atoms with Crippen molar-refractivity contribution in [2.24, 2.45) is 5.18 Å². The van der Waals surface area contributed by atoms with E-state index < -0.39 is 0 Å². The molecule has 1 aliphatic rings. The molecule has 172 valence electrons. The largest absolute Gasteiger partial charge is 0.494 e. The molecule has 6 nitrogen and oxygen atoms in total. The van der Waals surface area contributed by atoms with E-state index in [1.807, 2.05) is 38.2 Å². The minimum Gasteiger partial charge on any atom is -0.494 e. The second-order valence-electron chi connectivity index (χ2n) is 8.19. The van der Waals surface area contributed by atoms with Crippen LogP contribution in [0.15, 0.2) is 41.7 Å². The molecule has 1 aromatic heterocycles. The normalized spacial score (nSPS) is 17.3. The van der Waals surface area contributed by atoms with Crippen molar-refractivity contribution in [1.82, 2.24) is 9.88 Å². The predicted molar refractivity (Wildman–Crippen MR) is 133 cm³/mol. The van der Waals surface area contributed by atoms with Crippen LogP contribution in [0, 0.1) is 4.91 Å². The maximum atomic E-state index is 10.1. The number of benzene rings is 1. The minimum absolute atomic E-state index is 0.0505. The molecule has 1 unspecified atom stereocenters. The lowest BCUT2D eigenvalue weighted by molar-refractivity contribution is 0.211. The quantitative estimate of drug-likeness (QED) is 0.333. The molecule has 1 aromatic carbocycles. The molecule has 1 atom stereocenters. The zero-order valence-electron chi connectivity index (χ0n) is 19.0. The summed E-state index contributed by atoms with van der Waals surface area (Å²) in [5.41, 5.74) is 1.28. The van der Waals surface area contributed by atoms with Gasteiger partial charge >= 0.3 is 0 Å². The molecule has 0 bridgehead atoms. The van der Waals surface area contributed by atoms with Crippen LogP contribution >= 0.6 is 11.6 Å². The summed E-state index contributed by atoms with van der Waals surface area (Å²) in [5, 5.41) is 8.70. The van der Waals surface area contributed by atoms with Gasteiger partial charge in [-0.15, -0.1) is 11.6 Å². The van der Waals surface area contributed by atoms with Gasteiger partial charge in [-0.2, -0.15) is 4.91 Å². The Labute approximate surface area is 195 Å². The van der Waals surface area contributed by atoms with E-state index in [2.05, 4.69) is 44.7 Å².